The molecule has 2 heterocycles. The molecule has 0 saturated carbocycles. The van der Waals surface area contributed by atoms with E-state index >= 15 is 0 Å². The molecule has 5 heteroatoms. The summed E-state index contributed by atoms with van der Waals surface area (Å²) in [5.41, 5.74) is 4.49. The lowest BCUT2D eigenvalue weighted by Gasteiger charge is -2.15. The lowest BCUT2D eigenvalue weighted by atomic mass is 10.1. The molecule has 0 fully saturated rings. The molecule has 0 atom stereocenters. The quantitative estimate of drug-likeness (QED) is 0.678. The second-order valence-corrected chi connectivity index (χ2v) is 5.98. The number of imidazole rings is 1. The van der Waals surface area contributed by atoms with Gasteiger partial charge in [0.1, 0.15) is 11.6 Å². The average Bonchev–Trinajstić information content (AvgIpc) is 3.03. The Morgan fingerprint density at radius 2 is 1.60 bits per heavy atom. The number of alkyl halides is 1. The Hall–Kier alpha value is -2.69. The van der Waals surface area contributed by atoms with Crippen LogP contribution in [-0.4, -0.2) is 27.8 Å². The lowest BCUT2D eigenvalue weighted by molar-refractivity contribution is 0.391. The highest BCUT2D eigenvalue weighted by Gasteiger charge is 2.12. The number of hydrogen-bond donors (Lipinski definition) is 0. The number of benzene rings is 1. The standard InChI is InChI=1S/C17H17N3O.C3H7F/c1-12-10-15(21-3)11-13(2)16(12)20-9-8-19-17(20)14-4-6-18-7-5-14;1-3(2)4/h4-11H,1-3H3;3H,1-2H3. The van der Waals surface area contributed by atoms with Crippen molar-refractivity contribution < 1.29 is 9.13 Å². The van der Waals surface area contributed by atoms with Crippen molar-refractivity contribution in [2.75, 3.05) is 7.11 Å². The molecule has 0 saturated heterocycles. The topological polar surface area (TPSA) is 39.9 Å². The Morgan fingerprint density at radius 3 is 2.12 bits per heavy atom. The van der Waals surface area contributed by atoms with Crippen LogP contribution in [0.2, 0.25) is 0 Å². The van der Waals surface area contributed by atoms with Gasteiger partial charge in [0.15, 0.2) is 0 Å². The van der Waals surface area contributed by atoms with E-state index in [2.05, 4.69) is 28.4 Å². The van der Waals surface area contributed by atoms with E-state index in [1.807, 2.05) is 36.7 Å². The van der Waals surface area contributed by atoms with Gasteiger partial charge in [-0.05, 0) is 63.1 Å². The third-order valence-electron chi connectivity index (χ3n) is 3.52. The fraction of sp³-hybridized carbons (Fsp3) is 0.300. The van der Waals surface area contributed by atoms with Crippen LogP contribution >= 0.6 is 0 Å². The fourth-order valence-corrected chi connectivity index (χ4v) is 2.61. The summed E-state index contributed by atoms with van der Waals surface area (Å²) in [5, 5.41) is 0. The minimum atomic E-state index is -0.667. The normalized spacial score (nSPS) is 10.4. The van der Waals surface area contributed by atoms with Crippen molar-refractivity contribution in [3.63, 3.8) is 0 Å². The van der Waals surface area contributed by atoms with Crippen LogP contribution in [0.25, 0.3) is 17.1 Å². The zero-order valence-corrected chi connectivity index (χ0v) is 15.3. The first kappa shape index (κ1) is 18.6. The van der Waals surface area contributed by atoms with E-state index < -0.39 is 6.17 Å². The van der Waals surface area contributed by atoms with Gasteiger partial charge in [0.25, 0.3) is 0 Å². The maximum atomic E-state index is 11.0. The predicted octanol–water partition coefficient (Wildman–Crippen LogP) is 4.92. The first-order valence-corrected chi connectivity index (χ1v) is 8.17. The summed E-state index contributed by atoms with van der Waals surface area (Å²) < 4.78 is 18.4. The fourth-order valence-electron chi connectivity index (χ4n) is 2.61. The molecular formula is C20H24FN3O. The zero-order chi connectivity index (χ0) is 18.4. The molecule has 0 spiro atoms. The molecular weight excluding hydrogens is 317 g/mol. The largest absolute Gasteiger partial charge is 0.497 e. The Kier molecular flexibility index (Phi) is 6.28. The lowest BCUT2D eigenvalue weighted by Crippen LogP contribution is -2.02. The molecule has 0 unspecified atom stereocenters. The molecule has 4 nitrogen and oxygen atoms in total. The number of rotatable bonds is 3. The van der Waals surface area contributed by atoms with Crippen LogP contribution in [0.4, 0.5) is 4.39 Å². The number of nitrogens with zero attached hydrogens (tertiary/aromatic N) is 3. The highest BCUT2D eigenvalue weighted by molar-refractivity contribution is 5.61. The summed E-state index contributed by atoms with van der Waals surface area (Å²) in [6.07, 6.45) is 6.70. The van der Waals surface area contributed by atoms with Gasteiger partial charge in [0, 0.05) is 30.4 Å². The van der Waals surface area contributed by atoms with Gasteiger partial charge in [0.05, 0.1) is 19.0 Å². The van der Waals surface area contributed by atoms with Gasteiger partial charge in [0.2, 0.25) is 0 Å². The predicted molar refractivity (Wildman–Crippen MR) is 99.1 cm³/mol. The molecule has 0 amide bonds. The summed E-state index contributed by atoms with van der Waals surface area (Å²) in [7, 11) is 1.69. The first-order chi connectivity index (χ1) is 11.9. The van der Waals surface area contributed by atoms with Gasteiger partial charge < -0.3 is 4.74 Å². The Bertz CT molecular complexity index is 787. The molecule has 0 aliphatic rings. The van der Waals surface area contributed by atoms with Gasteiger partial charge >= 0.3 is 0 Å². The number of pyridine rings is 1. The third kappa shape index (κ3) is 4.66. The zero-order valence-electron chi connectivity index (χ0n) is 15.3. The maximum absolute atomic E-state index is 11.0. The van der Waals surface area contributed by atoms with Gasteiger partial charge in [-0.1, -0.05) is 0 Å². The van der Waals surface area contributed by atoms with E-state index in [1.54, 1.807) is 19.5 Å². The first-order valence-electron chi connectivity index (χ1n) is 8.17. The van der Waals surface area contributed by atoms with Gasteiger partial charge in [-0.2, -0.15) is 0 Å². The molecule has 0 N–H and O–H groups in total. The molecule has 0 aliphatic carbocycles. The Morgan fingerprint density at radius 1 is 1.04 bits per heavy atom. The molecule has 0 bridgehead atoms. The summed E-state index contributed by atoms with van der Waals surface area (Å²) in [5.74, 6) is 1.79. The average molecular weight is 341 g/mol. The summed E-state index contributed by atoms with van der Waals surface area (Å²) in [4.78, 5) is 8.55. The maximum Gasteiger partial charge on any atom is 0.144 e. The van der Waals surface area contributed by atoms with E-state index in [4.69, 9.17) is 4.74 Å². The molecule has 132 valence electrons. The monoisotopic (exact) mass is 341 g/mol. The second kappa shape index (κ2) is 8.42. The van der Waals surface area contributed by atoms with Crippen molar-refractivity contribution in [2.45, 2.75) is 33.9 Å². The van der Waals surface area contributed by atoms with Crippen LogP contribution < -0.4 is 4.74 Å². The van der Waals surface area contributed by atoms with E-state index in [1.165, 1.54) is 13.8 Å². The number of aromatic nitrogens is 3. The number of halogens is 1. The highest BCUT2D eigenvalue weighted by atomic mass is 19.1. The molecule has 3 aromatic rings. The molecule has 0 aliphatic heterocycles. The Labute approximate surface area is 148 Å². The van der Waals surface area contributed by atoms with Crippen molar-refractivity contribution in [1.82, 2.24) is 14.5 Å². The number of hydrogen-bond acceptors (Lipinski definition) is 3. The van der Waals surface area contributed by atoms with Crippen LogP contribution in [-0.2, 0) is 0 Å². The molecule has 3 rings (SSSR count). The number of ether oxygens (including phenoxy) is 1. The third-order valence-corrected chi connectivity index (χ3v) is 3.52. The van der Waals surface area contributed by atoms with E-state index in [0.717, 1.165) is 34.0 Å². The van der Waals surface area contributed by atoms with Crippen LogP contribution in [0, 0.1) is 13.8 Å². The van der Waals surface area contributed by atoms with Crippen LogP contribution in [0.5, 0.6) is 5.75 Å². The van der Waals surface area contributed by atoms with E-state index in [0.29, 0.717) is 0 Å². The SMILES string of the molecule is CC(C)F.COc1cc(C)c(-n2ccnc2-c2ccncc2)c(C)c1. The van der Waals surface area contributed by atoms with Gasteiger partial charge in [-0.25, -0.2) is 9.37 Å². The van der Waals surface area contributed by atoms with Crippen LogP contribution in [0.3, 0.4) is 0 Å². The number of methoxy groups -OCH3 is 1. The molecule has 0 radical (unpaired) electrons. The van der Waals surface area contributed by atoms with Crippen molar-refractivity contribution >= 4 is 0 Å². The van der Waals surface area contributed by atoms with Crippen LogP contribution in [0.15, 0.2) is 49.1 Å². The minimum absolute atomic E-state index is 0.667. The van der Waals surface area contributed by atoms with E-state index in [9.17, 15) is 4.39 Å². The van der Waals surface area contributed by atoms with E-state index in [-0.39, 0.29) is 0 Å². The Balaban J connectivity index is 0.000000511. The summed E-state index contributed by atoms with van der Waals surface area (Å²) >= 11 is 0. The van der Waals surface area contributed by atoms with Crippen molar-refractivity contribution in [2.24, 2.45) is 0 Å². The molecule has 2 aromatic heterocycles. The van der Waals surface area contributed by atoms with Crippen molar-refractivity contribution in [1.29, 1.82) is 0 Å². The van der Waals surface area contributed by atoms with Crippen LogP contribution in [0.1, 0.15) is 25.0 Å². The second-order valence-electron chi connectivity index (χ2n) is 5.98. The highest BCUT2D eigenvalue weighted by Crippen LogP contribution is 2.28. The number of aryl methyl sites for hydroxylation is 2. The molecule has 25 heavy (non-hydrogen) atoms. The summed E-state index contributed by atoms with van der Waals surface area (Å²) in [6.45, 7) is 7.17. The van der Waals surface area contributed by atoms with Crippen molar-refractivity contribution in [3.8, 4) is 22.8 Å². The summed E-state index contributed by atoms with van der Waals surface area (Å²) in [6, 6.07) is 8.01. The molecule has 1 aromatic carbocycles. The van der Waals surface area contributed by atoms with Gasteiger partial charge in [-0.15, -0.1) is 0 Å². The van der Waals surface area contributed by atoms with Crippen molar-refractivity contribution in [3.05, 3.63) is 60.2 Å². The smallest absolute Gasteiger partial charge is 0.144 e. The minimum Gasteiger partial charge on any atom is -0.497 e. The van der Waals surface area contributed by atoms with Gasteiger partial charge in [-0.3, -0.25) is 9.55 Å².